The van der Waals surface area contributed by atoms with Gasteiger partial charge in [0, 0.05) is 22.5 Å². The highest BCUT2D eigenvalue weighted by atomic mass is 16.4. The van der Waals surface area contributed by atoms with Crippen LogP contribution < -0.4 is 10.4 Å². The number of nitrogens with zero attached hydrogens (tertiary/aromatic N) is 2. The fraction of sp³-hybridized carbons (Fsp3) is 0.167. The first kappa shape index (κ1) is 15.7. The van der Waals surface area contributed by atoms with Crippen LogP contribution in [0.2, 0.25) is 0 Å². The number of anilines is 1. The van der Waals surface area contributed by atoms with E-state index < -0.39 is 5.97 Å². The zero-order chi connectivity index (χ0) is 17.1. The molecule has 0 aliphatic rings. The van der Waals surface area contributed by atoms with Gasteiger partial charge in [0.15, 0.2) is 12.4 Å². The van der Waals surface area contributed by atoms with Crippen molar-refractivity contribution in [1.29, 1.82) is 0 Å². The van der Waals surface area contributed by atoms with E-state index in [9.17, 15) is 9.90 Å². The van der Waals surface area contributed by atoms with Gasteiger partial charge in [-0.25, -0.2) is 0 Å². The lowest BCUT2D eigenvalue weighted by atomic mass is 10.0. The number of benzene rings is 2. The molecule has 0 amide bonds. The number of carbonyl (C=O) groups is 1. The summed E-state index contributed by atoms with van der Waals surface area (Å²) in [5.74, 6) is -0.247. The van der Waals surface area contributed by atoms with Gasteiger partial charge in [-0.3, -0.25) is 4.79 Å². The second kappa shape index (κ2) is 6.54. The maximum absolute atomic E-state index is 10.8. The Morgan fingerprint density at radius 3 is 2.42 bits per heavy atom. The Hall–Kier alpha value is -3.15. The summed E-state index contributed by atoms with van der Waals surface area (Å²) >= 11 is 0. The van der Waals surface area contributed by atoms with Gasteiger partial charge in [0.1, 0.15) is 5.75 Å². The molecule has 0 bridgehead atoms. The van der Waals surface area contributed by atoms with Crippen molar-refractivity contribution in [2.45, 2.75) is 19.4 Å². The van der Waals surface area contributed by atoms with Crippen LogP contribution in [-0.2, 0) is 11.3 Å². The number of carboxylic acid groups (broad SMARTS) is 1. The highest BCUT2D eigenvalue weighted by Crippen LogP contribution is 2.28. The van der Waals surface area contributed by atoms with E-state index >= 15 is 0 Å². The maximum Gasteiger partial charge on any atom is 0.303 e. The molecular formula is C18H18N3O3+. The average molecular weight is 324 g/mol. The molecule has 3 rings (SSSR count). The van der Waals surface area contributed by atoms with Gasteiger partial charge in [0.2, 0.25) is 5.69 Å². The smallest absolute Gasteiger partial charge is 0.303 e. The van der Waals surface area contributed by atoms with Crippen molar-refractivity contribution in [2.24, 2.45) is 0 Å². The lowest BCUT2D eigenvalue weighted by Gasteiger charge is -2.08. The lowest BCUT2D eigenvalue weighted by molar-refractivity contribution is -0.741. The number of phenols is 1. The van der Waals surface area contributed by atoms with E-state index in [4.69, 9.17) is 10.8 Å². The molecule has 4 N–H and O–H groups in total. The third-order valence-corrected chi connectivity index (χ3v) is 3.85. The third kappa shape index (κ3) is 3.12. The number of phenolic OH excluding ortho intramolecular Hbond substituents is 1. The number of aryl methyl sites for hydroxylation is 1. The first-order chi connectivity index (χ1) is 11.6. The Bertz CT molecular complexity index is 892. The van der Waals surface area contributed by atoms with Gasteiger partial charge in [-0.05, 0) is 30.3 Å². The predicted octanol–water partition coefficient (Wildman–Crippen LogP) is 2.34. The van der Waals surface area contributed by atoms with Crippen LogP contribution in [0.15, 0.2) is 48.5 Å². The Kier molecular flexibility index (Phi) is 4.29. The second-order valence-electron chi connectivity index (χ2n) is 5.55. The zero-order valence-electron chi connectivity index (χ0n) is 13.0. The summed E-state index contributed by atoms with van der Waals surface area (Å²) in [4.78, 5) is 10.8. The molecule has 0 aliphatic heterocycles. The van der Waals surface area contributed by atoms with Gasteiger partial charge < -0.3 is 15.9 Å². The molecule has 0 atom stereocenters. The van der Waals surface area contributed by atoms with Crippen molar-refractivity contribution in [3.63, 3.8) is 0 Å². The van der Waals surface area contributed by atoms with Gasteiger partial charge in [-0.1, -0.05) is 22.9 Å². The van der Waals surface area contributed by atoms with Gasteiger partial charge >= 0.3 is 5.97 Å². The third-order valence-electron chi connectivity index (χ3n) is 3.85. The molecule has 6 heteroatoms. The molecule has 122 valence electrons. The molecule has 0 saturated carbocycles. The summed E-state index contributed by atoms with van der Waals surface area (Å²) in [5, 5.41) is 24.6. The standard InChI is InChI=1S/C18H17N3O3/c19-18-15-5-2-1-4-14(15)17(12-7-9-13(22)10-8-12)21(20-18)11-3-6-16(23)24/h1-2,4-5,7-10H,3,6,11H2,(H3,19,20,23,24)/p+1. The quantitative estimate of drug-likeness (QED) is 0.625. The van der Waals surface area contributed by atoms with E-state index in [-0.39, 0.29) is 12.2 Å². The maximum atomic E-state index is 10.8. The van der Waals surface area contributed by atoms with Crippen molar-refractivity contribution < 1.29 is 19.7 Å². The van der Waals surface area contributed by atoms with E-state index in [2.05, 4.69) is 5.10 Å². The van der Waals surface area contributed by atoms with E-state index in [0.717, 1.165) is 22.0 Å². The zero-order valence-corrected chi connectivity index (χ0v) is 13.0. The number of rotatable bonds is 5. The van der Waals surface area contributed by atoms with E-state index in [1.807, 2.05) is 36.4 Å². The van der Waals surface area contributed by atoms with E-state index in [0.29, 0.717) is 18.8 Å². The van der Waals surface area contributed by atoms with Crippen molar-refractivity contribution >= 4 is 22.6 Å². The molecule has 1 aromatic heterocycles. The number of aromatic nitrogens is 2. The van der Waals surface area contributed by atoms with Gasteiger partial charge in [-0.2, -0.15) is 0 Å². The number of nitrogens with two attached hydrogens (primary N) is 1. The summed E-state index contributed by atoms with van der Waals surface area (Å²) in [6.07, 6.45) is 0.520. The fourth-order valence-corrected chi connectivity index (χ4v) is 2.75. The molecule has 0 saturated heterocycles. The Balaban J connectivity index is 2.16. The number of aromatic hydroxyl groups is 1. The summed E-state index contributed by atoms with van der Waals surface area (Å²) in [5.41, 5.74) is 7.80. The van der Waals surface area contributed by atoms with Crippen LogP contribution in [0.3, 0.4) is 0 Å². The number of hydrogen-bond donors (Lipinski definition) is 3. The van der Waals surface area contributed by atoms with Crippen LogP contribution in [0.1, 0.15) is 12.8 Å². The first-order valence-electron chi connectivity index (χ1n) is 7.66. The summed E-state index contributed by atoms with van der Waals surface area (Å²) < 4.78 is 1.74. The lowest BCUT2D eigenvalue weighted by Crippen LogP contribution is -2.41. The van der Waals surface area contributed by atoms with Crippen LogP contribution in [0.5, 0.6) is 5.75 Å². The molecule has 0 spiro atoms. The Morgan fingerprint density at radius 2 is 1.75 bits per heavy atom. The van der Waals surface area contributed by atoms with Crippen LogP contribution in [-0.4, -0.2) is 21.3 Å². The normalized spacial score (nSPS) is 10.8. The molecule has 24 heavy (non-hydrogen) atoms. The number of carboxylic acids is 1. The number of fused-ring (bicyclic) bond motifs is 1. The number of nitrogen functional groups attached to an aromatic ring is 1. The van der Waals surface area contributed by atoms with Crippen LogP contribution in [0, 0.1) is 0 Å². The molecule has 0 aliphatic carbocycles. The van der Waals surface area contributed by atoms with Gasteiger partial charge in [-0.15, -0.1) is 0 Å². The minimum atomic E-state index is -0.837. The SMILES string of the molecule is Nc1n[n+](CCCC(=O)O)c(-c2ccc(O)cc2)c2ccccc12. The predicted molar refractivity (Wildman–Crippen MR) is 90.3 cm³/mol. The highest BCUT2D eigenvalue weighted by Gasteiger charge is 2.22. The van der Waals surface area contributed by atoms with Gasteiger partial charge in [0.05, 0.1) is 11.8 Å². The van der Waals surface area contributed by atoms with Crippen molar-refractivity contribution in [3.8, 4) is 17.0 Å². The largest absolute Gasteiger partial charge is 0.508 e. The van der Waals surface area contributed by atoms with Crippen molar-refractivity contribution in [2.75, 3.05) is 5.73 Å². The molecule has 2 aromatic carbocycles. The Morgan fingerprint density at radius 1 is 1.08 bits per heavy atom. The summed E-state index contributed by atoms with van der Waals surface area (Å²) in [6, 6.07) is 14.5. The monoisotopic (exact) mass is 324 g/mol. The molecule has 0 radical (unpaired) electrons. The molecule has 6 nitrogen and oxygen atoms in total. The highest BCUT2D eigenvalue weighted by molar-refractivity contribution is 5.98. The molecule has 0 fully saturated rings. The Labute approximate surface area is 138 Å². The van der Waals surface area contributed by atoms with Crippen molar-refractivity contribution in [3.05, 3.63) is 48.5 Å². The van der Waals surface area contributed by atoms with Gasteiger partial charge in [0.25, 0.3) is 0 Å². The van der Waals surface area contributed by atoms with Crippen LogP contribution in [0.25, 0.3) is 22.0 Å². The summed E-state index contributed by atoms with van der Waals surface area (Å²) in [7, 11) is 0. The van der Waals surface area contributed by atoms with Crippen LogP contribution in [0.4, 0.5) is 5.82 Å². The van der Waals surface area contributed by atoms with Crippen molar-refractivity contribution in [1.82, 2.24) is 5.10 Å². The molecule has 1 heterocycles. The average Bonchev–Trinajstić information content (AvgIpc) is 2.56. The minimum Gasteiger partial charge on any atom is -0.508 e. The minimum absolute atomic E-state index is 0.0659. The second-order valence-corrected chi connectivity index (χ2v) is 5.55. The van der Waals surface area contributed by atoms with Crippen LogP contribution >= 0.6 is 0 Å². The van der Waals surface area contributed by atoms with E-state index in [1.54, 1.807) is 16.8 Å². The molecular weight excluding hydrogens is 306 g/mol. The topological polar surface area (TPSA) is 100 Å². The molecule has 3 aromatic rings. The fourth-order valence-electron chi connectivity index (χ4n) is 2.75. The summed E-state index contributed by atoms with van der Waals surface area (Å²) in [6.45, 7) is 0.442. The number of hydrogen-bond acceptors (Lipinski definition) is 4. The number of aliphatic carboxylic acids is 1. The first-order valence-corrected chi connectivity index (χ1v) is 7.66. The molecule has 0 unspecified atom stereocenters. The van der Waals surface area contributed by atoms with E-state index in [1.165, 1.54) is 0 Å².